The summed E-state index contributed by atoms with van der Waals surface area (Å²) >= 11 is 0. The predicted molar refractivity (Wildman–Crippen MR) is 87.5 cm³/mol. The number of hydrogen-bond acceptors (Lipinski definition) is 2. The van der Waals surface area contributed by atoms with Crippen LogP contribution in [0.15, 0.2) is 48.7 Å². The fourth-order valence-electron chi connectivity index (χ4n) is 2.04. The minimum atomic E-state index is -0.186. The Labute approximate surface area is 124 Å². The molecule has 2 rings (SSSR count). The number of hydrogen-bond donors (Lipinski definition) is 2. The van der Waals surface area contributed by atoms with Crippen molar-refractivity contribution in [1.29, 1.82) is 5.41 Å². The summed E-state index contributed by atoms with van der Waals surface area (Å²) in [5.74, 6) is -0.186. The van der Waals surface area contributed by atoms with E-state index in [1.165, 1.54) is 6.07 Å². The van der Waals surface area contributed by atoms with Gasteiger partial charge in [0, 0.05) is 17.6 Å². The Morgan fingerprint density at radius 1 is 1.05 bits per heavy atom. The summed E-state index contributed by atoms with van der Waals surface area (Å²) in [5, 5.41) is 10.6. The molecule has 2 nitrogen and oxygen atoms in total. The van der Waals surface area contributed by atoms with Crippen molar-refractivity contribution in [3.05, 3.63) is 65.6 Å². The number of allylic oxidation sites excluding steroid dienone is 1. The van der Waals surface area contributed by atoms with E-state index in [-0.39, 0.29) is 5.82 Å². The lowest BCUT2D eigenvalue weighted by Crippen LogP contribution is -1.93. The molecule has 0 fully saturated rings. The van der Waals surface area contributed by atoms with Gasteiger partial charge in [0.15, 0.2) is 0 Å². The van der Waals surface area contributed by atoms with E-state index in [1.54, 1.807) is 32.2 Å². The number of rotatable bonds is 4. The van der Waals surface area contributed by atoms with E-state index >= 15 is 0 Å². The quantitative estimate of drug-likeness (QED) is 0.754. The van der Waals surface area contributed by atoms with Crippen LogP contribution in [-0.4, -0.2) is 5.71 Å². The summed E-state index contributed by atoms with van der Waals surface area (Å²) in [6.07, 6.45) is 3.46. The van der Waals surface area contributed by atoms with E-state index in [0.717, 1.165) is 22.4 Å². The maximum Gasteiger partial charge on any atom is 0.126 e. The van der Waals surface area contributed by atoms with Gasteiger partial charge in [-0.05, 0) is 67.3 Å². The fraction of sp³-hybridized carbons (Fsp3) is 0.167. The third-order valence-corrected chi connectivity index (χ3v) is 3.30. The van der Waals surface area contributed by atoms with Gasteiger partial charge in [0.05, 0.1) is 0 Å². The molecule has 2 aromatic rings. The first kappa shape index (κ1) is 15.0. The van der Waals surface area contributed by atoms with Crippen LogP contribution in [-0.2, 0) is 0 Å². The van der Waals surface area contributed by atoms with Crippen molar-refractivity contribution in [3.63, 3.8) is 0 Å². The number of anilines is 1. The van der Waals surface area contributed by atoms with E-state index in [0.29, 0.717) is 11.3 Å². The summed E-state index contributed by atoms with van der Waals surface area (Å²) in [6.45, 7) is 5.51. The van der Waals surface area contributed by atoms with Crippen LogP contribution in [0, 0.1) is 25.1 Å². The molecule has 0 radical (unpaired) electrons. The molecule has 0 aromatic heterocycles. The summed E-state index contributed by atoms with van der Waals surface area (Å²) < 4.78 is 13.4. The molecule has 0 spiro atoms. The minimum Gasteiger partial charge on any atom is -0.361 e. The Morgan fingerprint density at radius 3 is 2.38 bits per heavy atom. The Bertz CT molecular complexity index is 702. The molecule has 21 heavy (non-hydrogen) atoms. The summed E-state index contributed by atoms with van der Waals surface area (Å²) in [4.78, 5) is 0. The molecule has 108 valence electrons. The Morgan fingerprint density at radius 2 is 1.71 bits per heavy atom. The van der Waals surface area contributed by atoms with Gasteiger partial charge in [-0.1, -0.05) is 18.2 Å². The zero-order valence-corrected chi connectivity index (χ0v) is 12.5. The fourth-order valence-corrected chi connectivity index (χ4v) is 2.04. The van der Waals surface area contributed by atoms with Crippen LogP contribution in [0.3, 0.4) is 0 Å². The van der Waals surface area contributed by atoms with Crippen LogP contribution in [0.2, 0.25) is 0 Å². The summed E-state index contributed by atoms with van der Waals surface area (Å²) in [6, 6.07) is 11.2. The highest BCUT2D eigenvalue weighted by atomic mass is 19.1. The average molecular weight is 282 g/mol. The lowest BCUT2D eigenvalue weighted by Gasteiger charge is -2.10. The molecule has 0 amide bonds. The first-order valence-corrected chi connectivity index (χ1v) is 6.83. The highest BCUT2D eigenvalue weighted by Crippen LogP contribution is 2.26. The average Bonchev–Trinajstić information content (AvgIpc) is 2.43. The van der Waals surface area contributed by atoms with Crippen molar-refractivity contribution in [2.45, 2.75) is 20.8 Å². The van der Waals surface area contributed by atoms with Crippen molar-refractivity contribution >= 4 is 11.4 Å². The number of halogens is 1. The van der Waals surface area contributed by atoms with Gasteiger partial charge < -0.3 is 10.7 Å². The van der Waals surface area contributed by atoms with Crippen molar-refractivity contribution in [3.8, 4) is 11.1 Å². The normalized spacial score (nSPS) is 10.9. The molecule has 0 aliphatic rings. The largest absolute Gasteiger partial charge is 0.361 e. The molecule has 0 unspecified atom stereocenters. The maximum atomic E-state index is 13.4. The maximum absolute atomic E-state index is 13.4. The van der Waals surface area contributed by atoms with Crippen LogP contribution < -0.4 is 5.32 Å². The molecular formula is C18H19FN2. The Hall–Kier alpha value is -2.42. The van der Waals surface area contributed by atoms with Crippen LogP contribution in [0.25, 0.3) is 11.1 Å². The SMILES string of the molecule is CC(=N)/C=C\Nc1cc(-c2ccc(F)c(C)c2)ccc1C. The summed E-state index contributed by atoms with van der Waals surface area (Å²) in [7, 11) is 0. The standard InChI is InChI=1S/C18H19FN2/c1-12-4-5-16(11-18(12)21-9-8-14(3)20)15-6-7-17(19)13(2)10-15/h4-11,20-21H,1-3H3/b9-8-,20-14?. The van der Waals surface area contributed by atoms with Crippen molar-refractivity contribution in [2.24, 2.45) is 0 Å². The van der Waals surface area contributed by atoms with Gasteiger partial charge in [-0.2, -0.15) is 0 Å². The highest BCUT2D eigenvalue weighted by molar-refractivity contribution is 5.90. The van der Waals surface area contributed by atoms with Gasteiger partial charge >= 0.3 is 0 Å². The van der Waals surface area contributed by atoms with Gasteiger partial charge in [-0.25, -0.2) is 4.39 Å². The molecule has 0 bridgehead atoms. The van der Waals surface area contributed by atoms with Crippen molar-refractivity contribution in [1.82, 2.24) is 0 Å². The first-order valence-electron chi connectivity index (χ1n) is 6.83. The molecule has 0 aliphatic carbocycles. The Kier molecular flexibility index (Phi) is 4.53. The number of aryl methyl sites for hydroxylation is 2. The van der Waals surface area contributed by atoms with E-state index in [9.17, 15) is 4.39 Å². The second-order valence-electron chi connectivity index (χ2n) is 5.15. The van der Waals surface area contributed by atoms with Gasteiger partial charge in [0.2, 0.25) is 0 Å². The van der Waals surface area contributed by atoms with E-state index < -0.39 is 0 Å². The second kappa shape index (κ2) is 6.35. The smallest absolute Gasteiger partial charge is 0.126 e. The van der Waals surface area contributed by atoms with Crippen LogP contribution in [0.1, 0.15) is 18.1 Å². The van der Waals surface area contributed by atoms with Crippen LogP contribution in [0.4, 0.5) is 10.1 Å². The van der Waals surface area contributed by atoms with E-state index in [2.05, 4.69) is 5.32 Å². The monoisotopic (exact) mass is 282 g/mol. The molecule has 0 heterocycles. The third kappa shape index (κ3) is 3.78. The molecule has 0 aliphatic heterocycles. The van der Waals surface area contributed by atoms with Crippen LogP contribution in [0.5, 0.6) is 0 Å². The molecular weight excluding hydrogens is 263 g/mol. The van der Waals surface area contributed by atoms with Crippen molar-refractivity contribution in [2.75, 3.05) is 5.32 Å². The Balaban J connectivity index is 2.33. The van der Waals surface area contributed by atoms with Gasteiger partial charge in [0.1, 0.15) is 5.82 Å². The van der Waals surface area contributed by atoms with E-state index in [1.807, 2.05) is 31.2 Å². The first-order chi connectivity index (χ1) is 9.97. The summed E-state index contributed by atoms with van der Waals surface area (Å²) in [5.41, 5.74) is 5.25. The molecule has 0 saturated heterocycles. The van der Waals surface area contributed by atoms with Gasteiger partial charge in [-0.3, -0.25) is 0 Å². The number of benzene rings is 2. The molecule has 3 heteroatoms. The minimum absolute atomic E-state index is 0.186. The number of nitrogens with one attached hydrogen (secondary N) is 2. The topological polar surface area (TPSA) is 35.9 Å². The zero-order chi connectivity index (χ0) is 15.4. The van der Waals surface area contributed by atoms with Crippen molar-refractivity contribution < 1.29 is 4.39 Å². The highest BCUT2D eigenvalue weighted by Gasteiger charge is 2.04. The third-order valence-electron chi connectivity index (χ3n) is 3.30. The zero-order valence-electron chi connectivity index (χ0n) is 12.5. The second-order valence-corrected chi connectivity index (χ2v) is 5.15. The molecule has 2 aromatic carbocycles. The van der Waals surface area contributed by atoms with E-state index in [4.69, 9.17) is 5.41 Å². The van der Waals surface area contributed by atoms with Crippen LogP contribution >= 0.6 is 0 Å². The molecule has 0 atom stereocenters. The lowest BCUT2D eigenvalue weighted by molar-refractivity contribution is 0.619. The molecule has 2 N–H and O–H groups in total. The van der Waals surface area contributed by atoms with Gasteiger partial charge in [0.25, 0.3) is 0 Å². The predicted octanol–water partition coefficient (Wildman–Crippen LogP) is 5.07. The van der Waals surface area contributed by atoms with Gasteiger partial charge in [-0.15, -0.1) is 0 Å². The lowest BCUT2D eigenvalue weighted by atomic mass is 10.0. The molecule has 0 saturated carbocycles.